The zero-order valence-corrected chi connectivity index (χ0v) is 14.4. The number of rotatable bonds is 1. The Bertz CT molecular complexity index is 834. The first-order valence-electron chi connectivity index (χ1n) is 8.93. The third-order valence-electron chi connectivity index (χ3n) is 5.56. The first-order valence-corrected chi connectivity index (χ1v) is 8.93. The average Bonchev–Trinajstić information content (AvgIpc) is 2.98. The lowest BCUT2D eigenvalue weighted by atomic mass is 9.98. The maximum absolute atomic E-state index is 12.8. The van der Waals surface area contributed by atoms with Crippen LogP contribution in [0.15, 0.2) is 18.2 Å². The van der Waals surface area contributed by atoms with Gasteiger partial charge in [-0.2, -0.15) is 0 Å². The van der Waals surface area contributed by atoms with Gasteiger partial charge in [0.15, 0.2) is 0 Å². The molecule has 2 amide bonds. The molecule has 0 aliphatic carbocycles. The first kappa shape index (κ1) is 16.0. The van der Waals surface area contributed by atoms with Crippen LogP contribution in [-0.4, -0.2) is 51.5 Å². The summed E-state index contributed by atoms with van der Waals surface area (Å²) >= 11 is 0. The van der Waals surface area contributed by atoms with E-state index in [1.807, 2.05) is 23.1 Å². The summed E-state index contributed by atoms with van der Waals surface area (Å²) in [6.07, 6.45) is 1.90. The van der Waals surface area contributed by atoms with Gasteiger partial charge in [0.1, 0.15) is 0 Å². The van der Waals surface area contributed by atoms with Gasteiger partial charge in [0.05, 0.1) is 6.54 Å². The van der Waals surface area contributed by atoms with Gasteiger partial charge in [-0.25, -0.2) is 4.79 Å². The molecule has 0 atom stereocenters. The summed E-state index contributed by atoms with van der Waals surface area (Å²) in [6.45, 7) is 4.75. The van der Waals surface area contributed by atoms with Crippen molar-refractivity contribution in [2.45, 2.75) is 32.7 Å². The number of aromatic nitrogens is 1. The van der Waals surface area contributed by atoms with Crippen molar-refractivity contribution in [3.8, 4) is 0 Å². The second-order valence-electron chi connectivity index (χ2n) is 7.27. The second-order valence-corrected chi connectivity index (χ2v) is 7.27. The highest BCUT2D eigenvalue weighted by atomic mass is 16.4. The highest BCUT2D eigenvalue weighted by molar-refractivity contribution is 5.99. The summed E-state index contributed by atoms with van der Waals surface area (Å²) in [7, 11) is 0. The van der Waals surface area contributed by atoms with E-state index >= 15 is 0 Å². The first-order chi connectivity index (χ1) is 12.0. The van der Waals surface area contributed by atoms with Gasteiger partial charge in [-0.05, 0) is 37.0 Å². The summed E-state index contributed by atoms with van der Waals surface area (Å²) in [5, 5.41) is 10.2. The standard InChI is InChI=1S/C19H23N3O3/c1-12-4-7-21(8-5-12)18(23)13-2-3-16-14(10-13)15-11-22(19(24)25)9-6-17(15)20-16/h2-3,10,12,20H,4-9,11H2,1H3,(H,24,25). The fourth-order valence-electron chi connectivity index (χ4n) is 3.90. The lowest BCUT2D eigenvalue weighted by Gasteiger charge is -2.30. The summed E-state index contributed by atoms with van der Waals surface area (Å²) in [5.41, 5.74) is 3.76. The van der Waals surface area contributed by atoms with Crippen LogP contribution in [0.5, 0.6) is 0 Å². The highest BCUT2D eigenvalue weighted by Gasteiger charge is 2.25. The second kappa shape index (κ2) is 6.10. The van der Waals surface area contributed by atoms with Gasteiger partial charge in [0.2, 0.25) is 0 Å². The predicted molar refractivity (Wildman–Crippen MR) is 94.7 cm³/mol. The monoisotopic (exact) mass is 341 g/mol. The van der Waals surface area contributed by atoms with Crippen molar-refractivity contribution in [1.29, 1.82) is 0 Å². The van der Waals surface area contributed by atoms with Crippen molar-refractivity contribution < 1.29 is 14.7 Å². The van der Waals surface area contributed by atoms with E-state index < -0.39 is 6.09 Å². The van der Waals surface area contributed by atoms with E-state index in [4.69, 9.17) is 0 Å². The van der Waals surface area contributed by atoms with Crippen LogP contribution in [0.4, 0.5) is 4.79 Å². The molecule has 0 radical (unpaired) electrons. The zero-order valence-electron chi connectivity index (χ0n) is 14.4. The quantitative estimate of drug-likeness (QED) is 0.837. The molecule has 0 unspecified atom stereocenters. The van der Waals surface area contributed by atoms with Gasteiger partial charge in [-0.3, -0.25) is 4.79 Å². The third-order valence-corrected chi connectivity index (χ3v) is 5.56. The van der Waals surface area contributed by atoms with Crippen molar-refractivity contribution in [2.75, 3.05) is 19.6 Å². The number of carbonyl (C=O) groups excluding carboxylic acids is 1. The summed E-state index contributed by atoms with van der Waals surface area (Å²) in [4.78, 5) is 30.9. The van der Waals surface area contributed by atoms with Crippen molar-refractivity contribution in [3.63, 3.8) is 0 Å². The van der Waals surface area contributed by atoms with E-state index in [-0.39, 0.29) is 5.91 Å². The Morgan fingerprint density at radius 3 is 2.64 bits per heavy atom. The molecule has 6 heteroatoms. The Kier molecular flexibility index (Phi) is 3.90. The third kappa shape index (κ3) is 2.86. The number of hydrogen-bond donors (Lipinski definition) is 2. The van der Waals surface area contributed by atoms with Crippen LogP contribution < -0.4 is 0 Å². The van der Waals surface area contributed by atoms with Gasteiger partial charge in [-0.15, -0.1) is 0 Å². The fraction of sp³-hybridized carbons (Fsp3) is 0.474. The number of H-pyrrole nitrogens is 1. The Balaban J connectivity index is 1.65. The SMILES string of the molecule is CC1CCN(C(=O)c2ccc3[nH]c4c(c3c2)CN(C(=O)O)CC4)CC1. The fourth-order valence-corrected chi connectivity index (χ4v) is 3.90. The number of carboxylic acid groups (broad SMARTS) is 1. The molecule has 25 heavy (non-hydrogen) atoms. The number of benzene rings is 1. The van der Waals surface area contributed by atoms with Gasteiger partial charge < -0.3 is 19.9 Å². The van der Waals surface area contributed by atoms with Crippen LogP contribution in [0.2, 0.25) is 0 Å². The van der Waals surface area contributed by atoms with E-state index in [9.17, 15) is 14.7 Å². The Labute approximate surface area is 146 Å². The average molecular weight is 341 g/mol. The lowest BCUT2D eigenvalue weighted by Crippen LogP contribution is -2.37. The molecule has 132 valence electrons. The summed E-state index contributed by atoms with van der Waals surface area (Å²) < 4.78 is 0. The molecule has 2 N–H and O–H groups in total. The minimum absolute atomic E-state index is 0.0784. The zero-order chi connectivity index (χ0) is 17.6. The number of aromatic amines is 1. The van der Waals surface area contributed by atoms with Crippen LogP contribution in [0, 0.1) is 5.92 Å². The lowest BCUT2D eigenvalue weighted by molar-refractivity contribution is 0.0697. The van der Waals surface area contributed by atoms with E-state index in [0.29, 0.717) is 31.0 Å². The molecule has 2 aliphatic rings. The molecule has 1 aromatic carbocycles. The number of nitrogens with zero attached hydrogens (tertiary/aromatic N) is 2. The van der Waals surface area contributed by atoms with Gasteiger partial charge >= 0.3 is 6.09 Å². The molecule has 6 nitrogen and oxygen atoms in total. The molecule has 3 heterocycles. The molecular weight excluding hydrogens is 318 g/mol. The smallest absolute Gasteiger partial charge is 0.407 e. The van der Waals surface area contributed by atoms with Gasteiger partial charge in [0, 0.05) is 53.8 Å². The van der Waals surface area contributed by atoms with Crippen LogP contribution in [0.1, 0.15) is 41.4 Å². The maximum atomic E-state index is 12.8. The van der Waals surface area contributed by atoms with Crippen LogP contribution in [0.25, 0.3) is 10.9 Å². The molecule has 0 bridgehead atoms. The van der Waals surface area contributed by atoms with Crippen molar-refractivity contribution in [1.82, 2.24) is 14.8 Å². The van der Waals surface area contributed by atoms with Crippen LogP contribution >= 0.6 is 0 Å². The molecule has 1 saturated heterocycles. The number of carbonyl (C=O) groups is 2. The molecule has 2 aromatic rings. The van der Waals surface area contributed by atoms with Gasteiger partial charge in [-0.1, -0.05) is 6.92 Å². The van der Waals surface area contributed by atoms with Crippen molar-refractivity contribution in [3.05, 3.63) is 35.0 Å². The van der Waals surface area contributed by atoms with Crippen LogP contribution in [0.3, 0.4) is 0 Å². The number of hydrogen-bond acceptors (Lipinski definition) is 2. The highest BCUT2D eigenvalue weighted by Crippen LogP contribution is 2.29. The predicted octanol–water partition coefficient (Wildman–Crippen LogP) is 3.08. The minimum atomic E-state index is -0.894. The number of nitrogens with one attached hydrogen (secondary N) is 1. The topological polar surface area (TPSA) is 76.6 Å². The van der Waals surface area contributed by atoms with E-state index in [1.54, 1.807) is 0 Å². The molecule has 0 saturated carbocycles. The van der Waals surface area contributed by atoms with Crippen molar-refractivity contribution >= 4 is 22.9 Å². The maximum Gasteiger partial charge on any atom is 0.407 e. The molecular formula is C19H23N3O3. The van der Waals surface area contributed by atoms with E-state index in [0.717, 1.165) is 48.1 Å². The Hall–Kier alpha value is -2.50. The van der Waals surface area contributed by atoms with Gasteiger partial charge in [0.25, 0.3) is 5.91 Å². The molecule has 1 aromatic heterocycles. The summed E-state index contributed by atoms with van der Waals surface area (Å²) in [5.74, 6) is 0.764. The van der Waals surface area contributed by atoms with E-state index in [2.05, 4.69) is 11.9 Å². The van der Waals surface area contributed by atoms with E-state index in [1.165, 1.54) is 4.90 Å². The summed E-state index contributed by atoms with van der Waals surface area (Å²) in [6, 6.07) is 5.74. The molecule has 2 aliphatic heterocycles. The number of amides is 2. The Morgan fingerprint density at radius 1 is 1.16 bits per heavy atom. The molecule has 0 spiro atoms. The normalized spacial score (nSPS) is 18.4. The largest absolute Gasteiger partial charge is 0.465 e. The number of fused-ring (bicyclic) bond motifs is 3. The molecule has 1 fully saturated rings. The Morgan fingerprint density at radius 2 is 1.92 bits per heavy atom. The number of likely N-dealkylation sites (tertiary alicyclic amines) is 1. The minimum Gasteiger partial charge on any atom is -0.465 e. The van der Waals surface area contributed by atoms with Crippen LogP contribution in [-0.2, 0) is 13.0 Å². The molecule has 4 rings (SSSR count). The number of piperidine rings is 1. The van der Waals surface area contributed by atoms with Crippen molar-refractivity contribution in [2.24, 2.45) is 5.92 Å².